The summed E-state index contributed by atoms with van der Waals surface area (Å²) in [5.74, 6) is 0.419. The van der Waals surface area contributed by atoms with E-state index in [0.29, 0.717) is 44.0 Å². The van der Waals surface area contributed by atoms with Gasteiger partial charge < -0.3 is 25.6 Å². The molecule has 1 atom stereocenters. The highest BCUT2D eigenvalue weighted by Crippen LogP contribution is 2.21. The fourth-order valence-electron chi connectivity index (χ4n) is 3.00. The Morgan fingerprint density at radius 1 is 1.19 bits per heavy atom. The molecule has 1 aliphatic rings. The highest BCUT2D eigenvalue weighted by atomic mass is 16.5. The Kier molecular flexibility index (Phi) is 6.45. The van der Waals surface area contributed by atoms with Gasteiger partial charge in [0.15, 0.2) is 0 Å². The average Bonchev–Trinajstić information content (AvgIpc) is 2.71. The van der Waals surface area contributed by atoms with Gasteiger partial charge in [0.1, 0.15) is 12.4 Å². The summed E-state index contributed by atoms with van der Waals surface area (Å²) in [6.07, 6.45) is 0.132. The minimum atomic E-state index is -0.918. The number of hydrogen-bond donors (Lipinski definition) is 3. The summed E-state index contributed by atoms with van der Waals surface area (Å²) in [7, 11) is 0. The predicted octanol–water partition coefficient (Wildman–Crippen LogP) is 1.92. The first-order valence-corrected chi connectivity index (χ1v) is 9.16. The highest BCUT2D eigenvalue weighted by Gasteiger charge is 2.35. The highest BCUT2D eigenvalue weighted by molar-refractivity contribution is 5.86. The molecule has 1 aliphatic heterocycles. The van der Waals surface area contributed by atoms with Gasteiger partial charge in [0.2, 0.25) is 5.91 Å². The SMILES string of the molecule is NC1(C(=O)NCC(O)c2cccc(OCc3ccccc3)c2)CCOCC1. The van der Waals surface area contributed by atoms with E-state index in [2.05, 4.69) is 5.32 Å². The lowest BCUT2D eigenvalue weighted by Crippen LogP contribution is -2.57. The van der Waals surface area contributed by atoms with Gasteiger partial charge in [-0.2, -0.15) is 0 Å². The molecule has 27 heavy (non-hydrogen) atoms. The molecule has 6 nitrogen and oxygen atoms in total. The number of amides is 1. The topological polar surface area (TPSA) is 93.8 Å². The normalized spacial score (nSPS) is 17.1. The Morgan fingerprint density at radius 3 is 2.67 bits per heavy atom. The Bertz CT molecular complexity index is 745. The van der Waals surface area contributed by atoms with Crippen molar-refractivity contribution < 1.29 is 19.4 Å². The monoisotopic (exact) mass is 370 g/mol. The van der Waals surface area contributed by atoms with Crippen LogP contribution in [0.15, 0.2) is 54.6 Å². The first-order chi connectivity index (χ1) is 13.1. The van der Waals surface area contributed by atoms with Gasteiger partial charge in [-0.05, 0) is 36.1 Å². The van der Waals surface area contributed by atoms with Crippen molar-refractivity contribution in [2.75, 3.05) is 19.8 Å². The number of nitrogens with two attached hydrogens (primary N) is 1. The quantitative estimate of drug-likeness (QED) is 0.692. The first-order valence-electron chi connectivity index (χ1n) is 9.16. The number of aliphatic hydroxyl groups is 1. The second kappa shape index (κ2) is 8.99. The summed E-state index contributed by atoms with van der Waals surface area (Å²) in [6.45, 7) is 1.51. The first kappa shape index (κ1) is 19.4. The molecule has 1 saturated heterocycles. The van der Waals surface area contributed by atoms with Crippen LogP contribution in [0.4, 0.5) is 0 Å². The van der Waals surface area contributed by atoms with E-state index in [9.17, 15) is 9.90 Å². The summed E-state index contributed by atoms with van der Waals surface area (Å²) in [4.78, 5) is 12.4. The molecule has 144 valence electrons. The van der Waals surface area contributed by atoms with Gasteiger partial charge in [-0.1, -0.05) is 42.5 Å². The minimum absolute atomic E-state index is 0.0980. The summed E-state index contributed by atoms with van der Waals surface area (Å²) in [6, 6.07) is 17.1. The van der Waals surface area contributed by atoms with Gasteiger partial charge in [0.25, 0.3) is 0 Å². The van der Waals surface area contributed by atoms with Crippen LogP contribution < -0.4 is 15.8 Å². The van der Waals surface area contributed by atoms with Crippen LogP contribution in [0.3, 0.4) is 0 Å². The molecule has 1 heterocycles. The van der Waals surface area contributed by atoms with Gasteiger partial charge in [-0.15, -0.1) is 0 Å². The third-order valence-electron chi connectivity index (χ3n) is 4.78. The van der Waals surface area contributed by atoms with Crippen LogP contribution in [0, 0.1) is 0 Å². The molecule has 0 spiro atoms. The predicted molar refractivity (Wildman–Crippen MR) is 102 cm³/mol. The van der Waals surface area contributed by atoms with Crippen LogP contribution in [-0.4, -0.2) is 36.3 Å². The number of rotatable bonds is 7. The molecule has 6 heteroatoms. The van der Waals surface area contributed by atoms with E-state index in [1.54, 1.807) is 12.1 Å². The molecule has 0 aromatic heterocycles. The van der Waals surface area contributed by atoms with Crippen LogP contribution in [0.2, 0.25) is 0 Å². The van der Waals surface area contributed by atoms with E-state index in [0.717, 1.165) is 5.56 Å². The second-order valence-corrected chi connectivity index (χ2v) is 6.84. The zero-order valence-corrected chi connectivity index (χ0v) is 15.3. The Balaban J connectivity index is 1.53. The molecule has 1 amide bonds. The number of carbonyl (C=O) groups excluding carboxylic acids is 1. The number of benzene rings is 2. The van der Waals surface area contributed by atoms with Crippen molar-refractivity contribution in [2.45, 2.75) is 31.1 Å². The molecule has 2 aromatic carbocycles. The van der Waals surface area contributed by atoms with E-state index in [1.165, 1.54) is 0 Å². The molecular weight excluding hydrogens is 344 g/mol. The van der Waals surface area contributed by atoms with E-state index >= 15 is 0 Å². The largest absolute Gasteiger partial charge is 0.489 e. The number of aliphatic hydroxyl groups excluding tert-OH is 1. The Hall–Kier alpha value is -2.41. The molecule has 2 aromatic rings. The van der Waals surface area contributed by atoms with Gasteiger partial charge >= 0.3 is 0 Å². The third-order valence-corrected chi connectivity index (χ3v) is 4.78. The lowest BCUT2D eigenvalue weighted by molar-refractivity contribution is -0.130. The molecule has 0 saturated carbocycles. The summed E-state index contributed by atoms with van der Waals surface area (Å²) in [5, 5.41) is 13.2. The number of ether oxygens (including phenoxy) is 2. The van der Waals surface area contributed by atoms with Crippen molar-refractivity contribution in [1.82, 2.24) is 5.32 Å². The molecule has 0 aliphatic carbocycles. The van der Waals surface area contributed by atoms with Gasteiger partial charge in [0.05, 0.1) is 11.6 Å². The molecule has 1 unspecified atom stereocenters. The number of carbonyl (C=O) groups is 1. The van der Waals surface area contributed by atoms with Gasteiger partial charge in [-0.3, -0.25) is 4.79 Å². The summed E-state index contributed by atoms with van der Waals surface area (Å²) in [5.41, 5.74) is 6.98. The van der Waals surface area contributed by atoms with Crippen molar-refractivity contribution in [2.24, 2.45) is 5.73 Å². The van der Waals surface area contributed by atoms with Crippen molar-refractivity contribution in [3.05, 3.63) is 65.7 Å². The fourth-order valence-corrected chi connectivity index (χ4v) is 3.00. The van der Waals surface area contributed by atoms with Crippen molar-refractivity contribution in [3.8, 4) is 5.75 Å². The fraction of sp³-hybridized carbons (Fsp3) is 0.381. The van der Waals surface area contributed by atoms with E-state index in [-0.39, 0.29) is 12.5 Å². The zero-order valence-electron chi connectivity index (χ0n) is 15.3. The second-order valence-electron chi connectivity index (χ2n) is 6.84. The molecule has 0 bridgehead atoms. The van der Waals surface area contributed by atoms with Crippen LogP contribution in [0.5, 0.6) is 5.75 Å². The Morgan fingerprint density at radius 2 is 1.93 bits per heavy atom. The maximum absolute atomic E-state index is 12.4. The molecule has 0 radical (unpaired) electrons. The standard InChI is InChI=1S/C21H26N2O4/c22-21(9-11-26-12-10-21)20(25)23-14-19(24)17-7-4-8-18(13-17)27-15-16-5-2-1-3-6-16/h1-8,13,19,24H,9-12,14-15,22H2,(H,23,25). The van der Waals surface area contributed by atoms with Crippen molar-refractivity contribution in [1.29, 1.82) is 0 Å². The minimum Gasteiger partial charge on any atom is -0.489 e. The molecular formula is C21H26N2O4. The lowest BCUT2D eigenvalue weighted by Gasteiger charge is -2.32. The molecule has 3 rings (SSSR count). The van der Waals surface area contributed by atoms with Crippen LogP contribution in [0.25, 0.3) is 0 Å². The summed E-state index contributed by atoms with van der Waals surface area (Å²) < 4.78 is 11.0. The molecule has 1 fully saturated rings. The number of hydrogen-bond acceptors (Lipinski definition) is 5. The van der Waals surface area contributed by atoms with Crippen LogP contribution >= 0.6 is 0 Å². The van der Waals surface area contributed by atoms with E-state index in [1.807, 2.05) is 42.5 Å². The van der Waals surface area contributed by atoms with Gasteiger partial charge in [0, 0.05) is 19.8 Å². The summed E-state index contributed by atoms with van der Waals surface area (Å²) >= 11 is 0. The van der Waals surface area contributed by atoms with E-state index < -0.39 is 11.6 Å². The van der Waals surface area contributed by atoms with Gasteiger partial charge in [-0.25, -0.2) is 0 Å². The lowest BCUT2D eigenvalue weighted by atomic mass is 9.90. The van der Waals surface area contributed by atoms with E-state index in [4.69, 9.17) is 15.2 Å². The zero-order chi connectivity index (χ0) is 19.1. The molecule has 4 N–H and O–H groups in total. The number of nitrogens with one attached hydrogen (secondary N) is 1. The van der Waals surface area contributed by atoms with Crippen LogP contribution in [0.1, 0.15) is 30.1 Å². The Labute approximate surface area is 159 Å². The van der Waals surface area contributed by atoms with Crippen LogP contribution in [-0.2, 0) is 16.1 Å². The smallest absolute Gasteiger partial charge is 0.240 e. The maximum Gasteiger partial charge on any atom is 0.240 e. The van der Waals surface area contributed by atoms with Crippen molar-refractivity contribution >= 4 is 5.91 Å². The average molecular weight is 370 g/mol. The third kappa shape index (κ3) is 5.29. The van der Waals surface area contributed by atoms with Crippen molar-refractivity contribution in [3.63, 3.8) is 0 Å². The maximum atomic E-state index is 12.4.